The van der Waals surface area contributed by atoms with Crippen molar-refractivity contribution >= 4 is 30.7 Å². The van der Waals surface area contributed by atoms with Crippen LogP contribution in [0.25, 0.3) is 0 Å². The monoisotopic (exact) mass is 323 g/mol. The summed E-state index contributed by atoms with van der Waals surface area (Å²) in [6, 6.07) is 0.663. The predicted molar refractivity (Wildman–Crippen MR) is 85.9 cm³/mol. The molecule has 1 amide bonds. The van der Waals surface area contributed by atoms with Gasteiger partial charge in [0, 0.05) is 32.1 Å². The molecule has 0 bridgehead atoms. The number of hydrogen-bond acceptors (Lipinski definition) is 3. The van der Waals surface area contributed by atoms with Crippen molar-refractivity contribution in [3.63, 3.8) is 0 Å². The molecule has 0 radical (unpaired) electrons. The number of carbonyl (C=O) groups is 1. The second kappa shape index (κ2) is 8.42. The van der Waals surface area contributed by atoms with Crippen molar-refractivity contribution < 1.29 is 4.79 Å². The van der Waals surface area contributed by atoms with Crippen LogP contribution >= 0.6 is 24.8 Å². The van der Waals surface area contributed by atoms with Crippen LogP contribution < -0.4 is 5.32 Å². The third kappa shape index (κ3) is 4.23. The summed E-state index contributed by atoms with van der Waals surface area (Å²) in [5, 5.41) is 3.37. The minimum atomic E-state index is 0. The first-order chi connectivity index (χ1) is 8.83. The van der Waals surface area contributed by atoms with Gasteiger partial charge in [-0.1, -0.05) is 0 Å². The Labute approximate surface area is 134 Å². The first-order valence-corrected chi connectivity index (χ1v) is 7.55. The third-order valence-corrected chi connectivity index (χ3v) is 4.87. The van der Waals surface area contributed by atoms with Crippen LogP contribution in [0.3, 0.4) is 0 Å². The number of fused-ring (bicyclic) bond motifs is 1. The Hall–Kier alpha value is -0.0300. The van der Waals surface area contributed by atoms with Crippen molar-refractivity contribution in [2.45, 2.75) is 38.1 Å². The van der Waals surface area contributed by atoms with Gasteiger partial charge in [0.15, 0.2) is 0 Å². The molecule has 4 nitrogen and oxygen atoms in total. The Balaban J connectivity index is 0.000001000. The van der Waals surface area contributed by atoms with Crippen molar-refractivity contribution in [1.29, 1.82) is 0 Å². The van der Waals surface area contributed by atoms with Crippen molar-refractivity contribution in [2.24, 2.45) is 5.92 Å². The Morgan fingerprint density at radius 3 is 2.75 bits per heavy atom. The zero-order valence-corrected chi connectivity index (χ0v) is 13.7. The van der Waals surface area contributed by atoms with E-state index in [4.69, 9.17) is 0 Å². The van der Waals surface area contributed by atoms with E-state index in [-0.39, 0.29) is 24.8 Å². The molecule has 3 aliphatic heterocycles. The Morgan fingerprint density at radius 2 is 2.00 bits per heavy atom. The molecule has 1 N–H and O–H groups in total. The second-order valence-corrected chi connectivity index (χ2v) is 6.07. The number of hydrogen-bond donors (Lipinski definition) is 1. The molecule has 6 heteroatoms. The fourth-order valence-electron chi connectivity index (χ4n) is 3.66. The summed E-state index contributed by atoms with van der Waals surface area (Å²) in [6.45, 7) is 6.55. The summed E-state index contributed by atoms with van der Waals surface area (Å²) in [6.07, 6.45) is 5.70. The van der Waals surface area contributed by atoms with E-state index in [0.717, 1.165) is 51.5 Å². The zero-order valence-electron chi connectivity index (χ0n) is 12.1. The summed E-state index contributed by atoms with van der Waals surface area (Å²) in [5.41, 5.74) is 0. The van der Waals surface area contributed by atoms with Gasteiger partial charge in [0.05, 0.1) is 0 Å². The van der Waals surface area contributed by atoms with Crippen molar-refractivity contribution in [1.82, 2.24) is 15.1 Å². The highest BCUT2D eigenvalue weighted by Gasteiger charge is 2.32. The van der Waals surface area contributed by atoms with E-state index in [0.29, 0.717) is 11.9 Å². The van der Waals surface area contributed by atoms with Gasteiger partial charge in [0.2, 0.25) is 5.91 Å². The Morgan fingerprint density at radius 1 is 1.15 bits per heavy atom. The van der Waals surface area contributed by atoms with Gasteiger partial charge in [-0.15, -0.1) is 24.8 Å². The van der Waals surface area contributed by atoms with E-state index in [9.17, 15) is 4.79 Å². The van der Waals surface area contributed by atoms with Crippen molar-refractivity contribution in [3.8, 4) is 0 Å². The minimum Gasteiger partial charge on any atom is -0.340 e. The van der Waals surface area contributed by atoms with E-state index in [1.54, 1.807) is 0 Å². The number of nitrogens with zero attached hydrogens (tertiary/aromatic N) is 2. The lowest BCUT2D eigenvalue weighted by Gasteiger charge is -2.37. The SMILES string of the molecule is Cl.Cl.O=C(CCC1CCNC1)N1CCN2CCCC2C1. The molecule has 2 unspecified atom stereocenters. The largest absolute Gasteiger partial charge is 0.340 e. The lowest BCUT2D eigenvalue weighted by Crippen LogP contribution is -2.52. The van der Waals surface area contributed by atoms with Crippen LogP contribution in [-0.2, 0) is 4.79 Å². The molecule has 3 rings (SSSR count). The molecule has 3 aliphatic rings. The molecular weight excluding hydrogens is 297 g/mol. The highest BCUT2D eigenvalue weighted by Crippen LogP contribution is 2.22. The molecule has 20 heavy (non-hydrogen) atoms. The van der Waals surface area contributed by atoms with Crippen molar-refractivity contribution in [3.05, 3.63) is 0 Å². The summed E-state index contributed by atoms with van der Waals surface area (Å²) < 4.78 is 0. The fourth-order valence-corrected chi connectivity index (χ4v) is 3.66. The van der Waals surface area contributed by atoms with Crippen LogP contribution in [-0.4, -0.2) is 61.0 Å². The molecule has 2 atom stereocenters. The van der Waals surface area contributed by atoms with Gasteiger partial charge in [-0.2, -0.15) is 0 Å². The van der Waals surface area contributed by atoms with E-state index in [1.165, 1.54) is 25.8 Å². The number of amides is 1. The van der Waals surface area contributed by atoms with Crippen LogP contribution in [0.4, 0.5) is 0 Å². The highest BCUT2D eigenvalue weighted by atomic mass is 35.5. The molecule has 3 saturated heterocycles. The maximum Gasteiger partial charge on any atom is 0.222 e. The summed E-state index contributed by atoms with van der Waals surface area (Å²) in [5.74, 6) is 1.13. The minimum absolute atomic E-state index is 0. The molecule has 0 aromatic carbocycles. The number of carbonyl (C=O) groups excluding carboxylic acids is 1. The van der Waals surface area contributed by atoms with Crippen LogP contribution in [0.1, 0.15) is 32.1 Å². The molecule has 118 valence electrons. The highest BCUT2D eigenvalue weighted by molar-refractivity contribution is 5.85. The van der Waals surface area contributed by atoms with Gasteiger partial charge in [-0.25, -0.2) is 0 Å². The second-order valence-electron chi connectivity index (χ2n) is 6.07. The Bertz CT molecular complexity index is 311. The predicted octanol–water partition coefficient (Wildman–Crippen LogP) is 1.53. The fraction of sp³-hybridized carbons (Fsp3) is 0.929. The van der Waals surface area contributed by atoms with Gasteiger partial charge in [-0.3, -0.25) is 9.69 Å². The molecule has 0 spiro atoms. The molecular formula is C14H27Cl2N3O. The summed E-state index contributed by atoms with van der Waals surface area (Å²) in [4.78, 5) is 16.9. The maximum atomic E-state index is 12.2. The zero-order chi connectivity index (χ0) is 12.4. The lowest BCUT2D eigenvalue weighted by atomic mass is 10.0. The molecule has 3 fully saturated rings. The van der Waals surface area contributed by atoms with E-state index in [2.05, 4.69) is 15.1 Å². The summed E-state index contributed by atoms with van der Waals surface area (Å²) >= 11 is 0. The number of nitrogens with one attached hydrogen (secondary N) is 1. The Kier molecular flexibility index (Phi) is 7.59. The van der Waals surface area contributed by atoms with Gasteiger partial charge < -0.3 is 10.2 Å². The molecule has 0 saturated carbocycles. The third-order valence-electron chi connectivity index (χ3n) is 4.87. The standard InChI is InChI=1S/C14H25N3O.2ClH/c18-14(4-3-12-5-6-15-10-12)17-9-8-16-7-1-2-13(16)11-17;;/h12-13,15H,1-11H2;2*1H. The van der Waals surface area contributed by atoms with E-state index in [1.807, 2.05) is 0 Å². The van der Waals surface area contributed by atoms with Gasteiger partial charge in [0.1, 0.15) is 0 Å². The smallest absolute Gasteiger partial charge is 0.222 e. The number of rotatable bonds is 3. The van der Waals surface area contributed by atoms with E-state index < -0.39 is 0 Å². The average Bonchev–Trinajstić information content (AvgIpc) is 3.05. The van der Waals surface area contributed by atoms with Crippen LogP contribution in [0.2, 0.25) is 0 Å². The van der Waals surface area contributed by atoms with Crippen LogP contribution in [0.5, 0.6) is 0 Å². The maximum absolute atomic E-state index is 12.2. The van der Waals surface area contributed by atoms with E-state index >= 15 is 0 Å². The topological polar surface area (TPSA) is 35.6 Å². The normalized spacial score (nSPS) is 29.5. The molecule has 0 aliphatic carbocycles. The van der Waals surface area contributed by atoms with Crippen LogP contribution in [0.15, 0.2) is 0 Å². The first kappa shape index (κ1) is 18.0. The molecule has 3 heterocycles. The first-order valence-electron chi connectivity index (χ1n) is 7.55. The van der Waals surface area contributed by atoms with Gasteiger partial charge in [-0.05, 0) is 51.2 Å². The number of piperazine rings is 1. The quantitative estimate of drug-likeness (QED) is 0.855. The summed E-state index contributed by atoms with van der Waals surface area (Å²) in [7, 11) is 0. The lowest BCUT2D eigenvalue weighted by molar-refractivity contribution is -0.134. The van der Waals surface area contributed by atoms with Crippen molar-refractivity contribution in [2.75, 3.05) is 39.3 Å². The molecule has 0 aromatic heterocycles. The average molecular weight is 324 g/mol. The molecule has 0 aromatic rings. The van der Waals surface area contributed by atoms with Gasteiger partial charge in [0.25, 0.3) is 0 Å². The number of halogens is 2. The van der Waals surface area contributed by atoms with Crippen LogP contribution in [0, 0.1) is 5.92 Å². The van der Waals surface area contributed by atoms with Gasteiger partial charge >= 0.3 is 0 Å².